The van der Waals surface area contributed by atoms with Crippen molar-refractivity contribution in [2.24, 2.45) is 5.92 Å². The van der Waals surface area contributed by atoms with E-state index in [4.69, 9.17) is 4.74 Å². The molecule has 3 rings (SSSR count). The molecule has 1 aromatic carbocycles. The van der Waals surface area contributed by atoms with Gasteiger partial charge in [-0.05, 0) is 42.0 Å². The van der Waals surface area contributed by atoms with Crippen LogP contribution < -0.4 is 9.64 Å². The number of amides is 1. The molecule has 0 radical (unpaired) electrons. The fourth-order valence-corrected chi connectivity index (χ4v) is 3.80. The molecular weight excluding hydrogens is 352 g/mol. The number of rotatable bonds is 6. The van der Waals surface area contributed by atoms with Crippen molar-refractivity contribution < 1.29 is 9.53 Å². The second kappa shape index (κ2) is 9.04. The fourth-order valence-electron chi connectivity index (χ4n) is 3.80. The summed E-state index contributed by atoms with van der Waals surface area (Å²) < 4.78 is 5.37. The number of piperazine rings is 1. The Kier molecular flexibility index (Phi) is 6.49. The highest BCUT2D eigenvalue weighted by atomic mass is 16.5. The van der Waals surface area contributed by atoms with E-state index in [-0.39, 0.29) is 11.8 Å². The molecule has 0 aliphatic carbocycles. The summed E-state index contributed by atoms with van der Waals surface area (Å²) in [5.41, 5.74) is 2.31. The topological polar surface area (TPSA) is 58.6 Å². The minimum Gasteiger partial charge on any atom is -0.496 e. The second-order valence-corrected chi connectivity index (χ2v) is 7.70. The summed E-state index contributed by atoms with van der Waals surface area (Å²) in [6, 6.07) is 8.06. The van der Waals surface area contributed by atoms with Gasteiger partial charge in [-0.2, -0.15) is 0 Å². The molecule has 1 saturated heterocycles. The molecule has 0 saturated carbocycles. The fraction of sp³-hybridized carbons (Fsp3) is 0.500. The van der Waals surface area contributed by atoms with Crippen LogP contribution in [0, 0.1) is 12.8 Å². The highest BCUT2D eigenvalue weighted by Gasteiger charge is 2.26. The van der Waals surface area contributed by atoms with Crippen molar-refractivity contribution in [1.82, 2.24) is 14.9 Å². The monoisotopic (exact) mass is 382 g/mol. The van der Waals surface area contributed by atoms with E-state index in [9.17, 15) is 4.79 Å². The van der Waals surface area contributed by atoms with Crippen LogP contribution in [0.1, 0.15) is 37.3 Å². The van der Waals surface area contributed by atoms with Crippen LogP contribution in [0.3, 0.4) is 0 Å². The Hall–Kier alpha value is -2.63. The van der Waals surface area contributed by atoms with E-state index >= 15 is 0 Å². The van der Waals surface area contributed by atoms with Gasteiger partial charge in [-0.1, -0.05) is 26.0 Å². The van der Waals surface area contributed by atoms with Crippen LogP contribution in [-0.2, 0) is 4.79 Å². The van der Waals surface area contributed by atoms with Crippen molar-refractivity contribution in [3.8, 4) is 5.75 Å². The third-order valence-corrected chi connectivity index (χ3v) is 5.51. The molecule has 6 heteroatoms. The van der Waals surface area contributed by atoms with Crippen LogP contribution in [-0.4, -0.2) is 54.1 Å². The van der Waals surface area contributed by atoms with Crippen LogP contribution in [0.2, 0.25) is 0 Å². The number of hydrogen-bond acceptors (Lipinski definition) is 5. The lowest BCUT2D eigenvalue weighted by atomic mass is 9.84. The van der Waals surface area contributed by atoms with Gasteiger partial charge in [0, 0.05) is 45.0 Å². The first-order chi connectivity index (χ1) is 13.5. The number of carbonyl (C=O) groups excluding carboxylic acids is 1. The molecule has 1 unspecified atom stereocenters. The number of ether oxygens (including phenoxy) is 1. The van der Waals surface area contributed by atoms with Crippen LogP contribution in [0.25, 0.3) is 0 Å². The minimum absolute atomic E-state index is 0.201. The van der Waals surface area contributed by atoms with Gasteiger partial charge in [0.2, 0.25) is 11.9 Å². The van der Waals surface area contributed by atoms with Crippen molar-refractivity contribution in [2.45, 2.75) is 33.1 Å². The quantitative estimate of drug-likeness (QED) is 0.767. The highest BCUT2D eigenvalue weighted by Crippen LogP contribution is 2.32. The molecule has 1 aliphatic rings. The molecule has 0 bridgehead atoms. The molecule has 1 amide bonds. The molecule has 1 atom stereocenters. The zero-order valence-corrected chi connectivity index (χ0v) is 17.3. The van der Waals surface area contributed by atoms with E-state index in [2.05, 4.69) is 40.8 Å². The molecular formula is C22H30N4O2. The third-order valence-electron chi connectivity index (χ3n) is 5.51. The summed E-state index contributed by atoms with van der Waals surface area (Å²) in [6.45, 7) is 9.37. The maximum absolute atomic E-state index is 13.0. The van der Waals surface area contributed by atoms with Gasteiger partial charge in [0.25, 0.3) is 0 Å². The number of benzene rings is 1. The van der Waals surface area contributed by atoms with Crippen LogP contribution in [0.4, 0.5) is 5.95 Å². The summed E-state index contributed by atoms with van der Waals surface area (Å²) in [5, 5.41) is 0. The smallest absolute Gasteiger partial charge is 0.225 e. The largest absolute Gasteiger partial charge is 0.496 e. The number of carbonyl (C=O) groups is 1. The maximum atomic E-state index is 13.0. The van der Waals surface area contributed by atoms with Gasteiger partial charge in [0.1, 0.15) is 5.75 Å². The number of anilines is 1. The van der Waals surface area contributed by atoms with Gasteiger partial charge in [0.15, 0.2) is 0 Å². The molecule has 2 heterocycles. The van der Waals surface area contributed by atoms with Gasteiger partial charge in [-0.15, -0.1) is 0 Å². The van der Waals surface area contributed by atoms with E-state index in [1.807, 2.05) is 24.0 Å². The Morgan fingerprint density at radius 3 is 2.39 bits per heavy atom. The summed E-state index contributed by atoms with van der Waals surface area (Å²) in [5.74, 6) is 2.43. The Morgan fingerprint density at radius 1 is 1.14 bits per heavy atom. The third kappa shape index (κ3) is 4.61. The molecule has 0 N–H and O–H groups in total. The number of aryl methyl sites for hydroxylation is 1. The molecule has 2 aromatic rings. The first kappa shape index (κ1) is 20.1. The van der Waals surface area contributed by atoms with Crippen LogP contribution >= 0.6 is 0 Å². The first-order valence-corrected chi connectivity index (χ1v) is 9.94. The normalized spacial score (nSPS) is 15.6. The molecule has 1 aromatic heterocycles. The van der Waals surface area contributed by atoms with E-state index in [0.717, 1.165) is 30.4 Å². The first-order valence-electron chi connectivity index (χ1n) is 9.94. The van der Waals surface area contributed by atoms with Gasteiger partial charge in [-0.25, -0.2) is 9.97 Å². The van der Waals surface area contributed by atoms with E-state index < -0.39 is 0 Å². The van der Waals surface area contributed by atoms with E-state index in [1.54, 1.807) is 19.5 Å². The summed E-state index contributed by atoms with van der Waals surface area (Å²) in [4.78, 5) is 25.7. The Balaban J connectivity index is 1.63. The number of hydrogen-bond donors (Lipinski definition) is 0. The summed E-state index contributed by atoms with van der Waals surface area (Å²) in [7, 11) is 1.69. The van der Waals surface area contributed by atoms with Gasteiger partial charge < -0.3 is 14.5 Å². The van der Waals surface area contributed by atoms with Crippen molar-refractivity contribution in [2.75, 3.05) is 38.2 Å². The number of methoxy groups -OCH3 is 1. The Labute approximate surface area is 167 Å². The molecule has 1 fully saturated rings. The van der Waals surface area contributed by atoms with Gasteiger partial charge in [0.05, 0.1) is 7.11 Å². The average Bonchev–Trinajstić information content (AvgIpc) is 2.72. The molecule has 28 heavy (non-hydrogen) atoms. The summed E-state index contributed by atoms with van der Waals surface area (Å²) in [6.07, 6.45) is 4.04. The van der Waals surface area contributed by atoms with Crippen molar-refractivity contribution in [3.63, 3.8) is 0 Å². The maximum Gasteiger partial charge on any atom is 0.225 e. The van der Waals surface area contributed by atoms with Crippen molar-refractivity contribution in [1.29, 1.82) is 0 Å². The van der Waals surface area contributed by atoms with Crippen molar-refractivity contribution in [3.05, 3.63) is 47.8 Å². The SMILES string of the molecule is COc1ccc(C(CC(=O)N2CCN(c3ncccn3)CC2)C(C)C)cc1C. The lowest BCUT2D eigenvalue weighted by Gasteiger charge is -2.35. The predicted octanol–water partition coefficient (Wildman–Crippen LogP) is 3.27. The number of nitrogens with zero attached hydrogens (tertiary/aromatic N) is 4. The van der Waals surface area contributed by atoms with E-state index in [0.29, 0.717) is 25.4 Å². The molecule has 1 aliphatic heterocycles. The average molecular weight is 383 g/mol. The molecule has 0 spiro atoms. The highest BCUT2D eigenvalue weighted by molar-refractivity contribution is 5.77. The van der Waals surface area contributed by atoms with Crippen molar-refractivity contribution >= 4 is 11.9 Å². The lowest BCUT2D eigenvalue weighted by Crippen LogP contribution is -2.49. The van der Waals surface area contributed by atoms with Crippen LogP contribution in [0.5, 0.6) is 5.75 Å². The van der Waals surface area contributed by atoms with E-state index in [1.165, 1.54) is 5.56 Å². The lowest BCUT2D eigenvalue weighted by molar-refractivity contribution is -0.132. The Morgan fingerprint density at radius 2 is 1.82 bits per heavy atom. The minimum atomic E-state index is 0.201. The molecule has 6 nitrogen and oxygen atoms in total. The predicted molar refractivity (Wildman–Crippen MR) is 111 cm³/mol. The van der Waals surface area contributed by atoms with Gasteiger partial charge >= 0.3 is 0 Å². The molecule has 150 valence electrons. The van der Waals surface area contributed by atoms with Crippen LogP contribution in [0.15, 0.2) is 36.7 Å². The number of aromatic nitrogens is 2. The summed E-state index contributed by atoms with van der Waals surface area (Å²) >= 11 is 0. The zero-order chi connectivity index (χ0) is 20.1. The second-order valence-electron chi connectivity index (χ2n) is 7.70. The standard InChI is InChI=1S/C22H30N4O2/c1-16(2)19(18-6-7-20(28-4)17(3)14-18)15-21(27)25-10-12-26(13-11-25)22-23-8-5-9-24-22/h5-9,14,16,19H,10-13,15H2,1-4H3. The zero-order valence-electron chi connectivity index (χ0n) is 17.3. The Bertz CT molecular complexity index is 786. The van der Waals surface area contributed by atoms with Gasteiger partial charge in [-0.3, -0.25) is 4.79 Å².